The zero-order chi connectivity index (χ0) is 48.9. The lowest BCUT2D eigenvalue weighted by molar-refractivity contribution is -0.134. The van der Waals surface area contributed by atoms with Gasteiger partial charge in [0.1, 0.15) is 17.5 Å². The smallest absolute Gasteiger partial charge is 0.243 e. The van der Waals surface area contributed by atoms with Crippen molar-refractivity contribution in [1.82, 2.24) is 43.2 Å². The van der Waals surface area contributed by atoms with E-state index in [1.807, 2.05) is 24.5 Å². The molecule has 0 amide bonds. The van der Waals surface area contributed by atoms with Gasteiger partial charge in [-0.25, -0.2) is 18.4 Å². The lowest BCUT2D eigenvalue weighted by Gasteiger charge is -2.42. The van der Waals surface area contributed by atoms with E-state index in [0.29, 0.717) is 49.1 Å². The summed E-state index contributed by atoms with van der Waals surface area (Å²) in [7, 11) is -1.42. The predicted octanol–water partition coefficient (Wildman–Crippen LogP) is 8.70. The first kappa shape index (κ1) is 49.6. The van der Waals surface area contributed by atoms with Gasteiger partial charge in [-0.1, -0.05) is 63.1 Å². The van der Waals surface area contributed by atoms with Gasteiger partial charge in [0.25, 0.3) is 0 Å². The fourth-order valence-corrected chi connectivity index (χ4v) is 12.4. The van der Waals surface area contributed by atoms with Gasteiger partial charge in [-0.15, -0.1) is 0 Å². The van der Waals surface area contributed by atoms with Crippen molar-refractivity contribution >= 4 is 44.0 Å². The van der Waals surface area contributed by atoms with Crippen LogP contribution in [0.3, 0.4) is 0 Å². The molecular weight excluding hydrogens is 915 g/mol. The number of ether oxygens (including phenoxy) is 2. The summed E-state index contributed by atoms with van der Waals surface area (Å²) in [5.74, 6) is 1.30. The van der Waals surface area contributed by atoms with Gasteiger partial charge < -0.3 is 34.3 Å². The Morgan fingerprint density at radius 1 is 0.704 bits per heavy atom. The molecule has 2 aliphatic carbocycles. The first-order valence-electron chi connectivity index (χ1n) is 26.4. The minimum atomic E-state index is -3.60. The Morgan fingerprint density at radius 3 is 1.79 bits per heavy atom. The molecule has 4 fully saturated rings. The van der Waals surface area contributed by atoms with Crippen LogP contribution in [0.15, 0.2) is 78.2 Å². The number of sulfonamides is 1. The second kappa shape index (κ2) is 22.4. The standard InChI is InChI=1S/C54H73N11O5S/c1-4-6-24-55-53-57-32-46-48(35-64(51(46)59-53)41-14-18-43(66)19-15-41)39-10-8-38(9-11-39)34-62-27-26-61(3)50(37-62)70-44-20-16-42(17-21-44)65-36-49(47-33-58-54(60-52(47)65)56-25-7-5-2)40-12-22-45(23-13-40)71(67,68)63-28-30-69-31-29-63/h8-13,22-23,32-33,35-36,41-44,50,66H,4-7,14-21,24-31,34,37H2,1-3H3,(H,55,57,59)(H,56,58,60)/t41-,42-,43-,44-,50?. The van der Waals surface area contributed by atoms with E-state index in [1.54, 1.807) is 12.1 Å². The number of fused-ring (bicyclic) bond motifs is 2. The predicted molar refractivity (Wildman–Crippen MR) is 280 cm³/mol. The van der Waals surface area contributed by atoms with E-state index in [-0.39, 0.29) is 24.5 Å². The highest BCUT2D eigenvalue weighted by Gasteiger charge is 2.32. The molecule has 1 atom stereocenters. The summed E-state index contributed by atoms with van der Waals surface area (Å²) in [6.07, 6.45) is 20.0. The van der Waals surface area contributed by atoms with Crippen LogP contribution in [-0.2, 0) is 26.0 Å². The maximum absolute atomic E-state index is 13.4. The largest absolute Gasteiger partial charge is 0.393 e. The third-order valence-corrected chi connectivity index (χ3v) is 17.2. The summed E-state index contributed by atoms with van der Waals surface area (Å²) in [4.78, 5) is 24.8. The molecule has 6 heterocycles. The lowest BCUT2D eigenvalue weighted by Crippen LogP contribution is -2.53. The topological polar surface area (TPSA) is 168 Å². The van der Waals surface area contributed by atoms with E-state index in [9.17, 15) is 13.5 Å². The number of hydrogen-bond acceptors (Lipinski definition) is 13. The molecule has 0 bridgehead atoms. The number of rotatable bonds is 18. The van der Waals surface area contributed by atoms with Crippen LogP contribution in [0.4, 0.5) is 11.9 Å². The van der Waals surface area contributed by atoms with Crippen LogP contribution in [-0.4, -0.2) is 141 Å². The molecule has 3 N–H and O–H groups in total. The third-order valence-electron chi connectivity index (χ3n) is 15.3. The van der Waals surface area contributed by atoms with E-state index in [0.717, 1.165) is 161 Å². The SMILES string of the molecule is CCCCNc1ncc2c(-c3ccc(CN4CCN(C)C(O[C@H]5CC[C@H](n6cc(-c7ccc(S(=O)(=O)N8CCOCC8)cc7)c7cnc(NCCCC)nc76)CC5)C4)cc3)cn([C@H]3CC[C@H](O)CC3)c2n1. The first-order chi connectivity index (χ1) is 34.6. The van der Waals surface area contributed by atoms with Crippen molar-refractivity contribution in [3.8, 4) is 22.3 Å². The van der Waals surface area contributed by atoms with Crippen LogP contribution in [0.25, 0.3) is 44.3 Å². The number of hydrogen-bond donors (Lipinski definition) is 3. The second-order valence-electron chi connectivity index (χ2n) is 20.3. The Labute approximate surface area is 419 Å². The molecule has 6 aromatic rings. The molecule has 4 aromatic heterocycles. The van der Waals surface area contributed by atoms with E-state index < -0.39 is 10.0 Å². The number of piperazine rings is 1. The number of unbranched alkanes of at least 4 members (excludes halogenated alkanes) is 2. The Balaban J connectivity index is 0.793. The fraction of sp³-hybridized carbons (Fsp3) is 0.556. The zero-order valence-corrected chi connectivity index (χ0v) is 42.7. The Kier molecular flexibility index (Phi) is 15.6. The van der Waals surface area contributed by atoms with Gasteiger partial charge in [-0.2, -0.15) is 14.3 Å². The number of morpholine rings is 1. The number of anilines is 2. The zero-order valence-electron chi connectivity index (χ0n) is 41.9. The van der Waals surface area contributed by atoms with E-state index in [1.165, 1.54) is 9.87 Å². The number of aliphatic hydroxyl groups is 1. The van der Waals surface area contributed by atoms with Crippen molar-refractivity contribution in [2.75, 3.05) is 76.7 Å². The van der Waals surface area contributed by atoms with Crippen molar-refractivity contribution < 1.29 is 23.0 Å². The van der Waals surface area contributed by atoms with Crippen LogP contribution in [0.1, 0.15) is 109 Å². The van der Waals surface area contributed by atoms with Crippen LogP contribution in [0, 0.1) is 0 Å². The summed E-state index contributed by atoms with van der Waals surface area (Å²) >= 11 is 0. The maximum atomic E-state index is 13.4. The van der Waals surface area contributed by atoms with Crippen molar-refractivity contribution in [2.45, 2.75) is 133 Å². The highest BCUT2D eigenvalue weighted by molar-refractivity contribution is 7.89. The van der Waals surface area contributed by atoms with E-state index >= 15 is 0 Å². The van der Waals surface area contributed by atoms with Crippen molar-refractivity contribution in [2.24, 2.45) is 0 Å². The molecule has 10 rings (SSSR count). The van der Waals surface area contributed by atoms with Gasteiger partial charge in [0, 0.05) is 111 Å². The first-order valence-corrected chi connectivity index (χ1v) is 27.9. The number of aromatic nitrogens is 6. The monoisotopic (exact) mass is 988 g/mol. The fourth-order valence-electron chi connectivity index (χ4n) is 11.0. The van der Waals surface area contributed by atoms with Crippen molar-refractivity contribution in [3.05, 3.63) is 78.9 Å². The minimum absolute atomic E-state index is 0.0106. The molecule has 2 aliphatic heterocycles. The summed E-state index contributed by atoms with van der Waals surface area (Å²) in [5.41, 5.74) is 7.37. The van der Waals surface area contributed by atoms with Gasteiger partial charge >= 0.3 is 0 Å². The van der Waals surface area contributed by atoms with Crippen LogP contribution in [0.5, 0.6) is 0 Å². The van der Waals surface area contributed by atoms with E-state index in [2.05, 4.69) is 87.1 Å². The number of likely N-dealkylation sites (N-methyl/N-ethyl adjacent to an activating group) is 1. The molecule has 16 nitrogen and oxygen atoms in total. The molecule has 2 aromatic carbocycles. The highest BCUT2D eigenvalue weighted by atomic mass is 32.2. The van der Waals surface area contributed by atoms with Crippen molar-refractivity contribution in [3.63, 3.8) is 0 Å². The molecule has 380 valence electrons. The summed E-state index contributed by atoms with van der Waals surface area (Å²) in [6.45, 7) is 11.2. The number of aliphatic hydroxyl groups excluding tert-OH is 1. The molecular formula is C54H73N11O5S. The van der Waals surface area contributed by atoms with Crippen LogP contribution >= 0.6 is 0 Å². The maximum Gasteiger partial charge on any atom is 0.243 e. The van der Waals surface area contributed by atoms with Gasteiger partial charge in [0.15, 0.2) is 0 Å². The molecule has 1 unspecified atom stereocenters. The summed E-state index contributed by atoms with van der Waals surface area (Å²) in [6, 6.07) is 16.8. The molecule has 0 radical (unpaired) electrons. The van der Waals surface area contributed by atoms with Gasteiger partial charge in [0.05, 0.1) is 30.3 Å². The van der Waals surface area contributed by atoms with Gasteiger partial charge in [-0.3, -0.25) is 9.80 Å². The molecule has 17 heteroatoms. The summed E-state index contributed by atoms with van der Waals surface area (Å²) < 4.78 is 45.4. The van der Waals surface area contributed by atoms with Gasteiger partial charge in [-0.05, 0) is 100 Å². The highest BCUT2D eigenvalue weighted by Crippen LogP contribution is 2.40. The normalized spacial score (nSPS) is 23.1. The lowest BCUT2D eigenvalue weighted by atomic mass is 9.92. The van der Waals surface area contributed by atoms with Crippen LogP contribution in [0.2, 0.25) is 0 Å². The average molecular weight is 988 g/mol. The molecule has 0 spiro atoms. The minimum Gasteiger partial charge on any atom is -0.393 e. The third kappa shape index (κ3) is 11.2. The number of benzene rings is 2. The Hall–Kier alpha value is -5.01. The van der Waals surface area contributed by atoms with Crippen LogP contribution < -0.4 is 10.6 Å². The number of nitrogens with zero attached hydrogens (tertiary/aromatic N) is 9. The second-order valence-corrected chi connectivity index (χ2v) is 22.2. The summed E-state index contributed by atoms with van der Waals surface area (Å²) in [5, 5.41) is 19.1. The van der Waals surface area contributed by atoms with Crippen molar-refractivity contribution in [1.29, 1.82) is 0 Å². The van der Waals surface area contributed by atoms with Gasteiger partial charge in [0.2, 0.25) is 21.9 Å². The quantitative estimate of drug-likeness (QED) is 0.0701. The average Bonchev–Trinajstić information content (AvgIpc) is 3.97. The van der Waals surface area contributed by atoms with E-state index in [4.69, 9.17) is 29.4 Å². The molecule has 2 saturated heterocycles. The Morgan fingerprint density at radius 2 is 1.24 bits per heavy atom. The molecule has 71 heavy (non-hydrogen) atoms. The molecule has 2 saturated carbocycles. The molecule has 4 aliphatic rings. The number of nitrogens with one attached hydrogen (secondary N) is 2. The Bertz CT molecular complexity index is 2810.